The summed E-state index contributed by atoms with van der Waals surface area (Å²) in [5.41, 5.74) is 0.0451. The molecule has 0 radical (unpaired) electrons. The van der Waals surface area contributed by atoms with Crippen LogP contribution in [-0.2, 0) is 20.8 Å². The Balaban J connectivity index is 2.03. The Morgan fingerprint density at radius 2 is 1.71 bits per heavy atom. The second-order valence-electron chi connectivity index (χ2n) is 7.27. The number of nitrogens with zero attached hydrogens (tertiary/aromatic N) is 2. The van der Waals surface area contributed by atoms with Crippen LogP contribution in [0.5, 0.6) is 0 Å². The molecule has 3 aromatic rings. The molecule has 0 saturated heterocycles. The van der Waals surface area contributed by atoms with Crippen molar-refractivity contribution < 1.29 is 21.6 Å². The van der Waals surface area contributed by atoms with E-state index in [9.17, 15) is 21.6 Å². The molecule has 4 rings (SSSR count). The van der Waals surface area contributed by atoms with Crippen LogP contribution in [0.4, 0.5) is 13.2 Å². The van der Waals surface area contributed by atoms with Gasteiger partial charge in [-0.2, -0.15) is 13.2 Å². The summed E-state index contributed by atoms with van der Waals surface area (Å²) in [6.45, 7) is 0. The molecule has 1 unspecified atom stereocenters. The fourth-order valence-electron chi connectivity index (χ4n) is 3.89. The van der Waals surface area contributed by atoms with Gasteiger partial charge in [-0.1, -0.05) is 60.1 Å². The van der Waals surface area contributed by atoms with E-state index >= 15 is 0 Å². The summed E-state index contributed by atoms with van der Waals surface area (Å²) in [5, 5.41) is -0.0456. The Hall–Kier alpha value is -2.71. The highest BCUT2D eigenvalue weighted by molar-refractivity contribution is 7.92. The van der Waals surface area contributed by atoms with Crippen LogP contribution < -0.4 is 0 Å². The number of sulfone groups is 1. The summed E-state index contributed by atoms with van der Waals surface area (Å²) in [4.78, 5) is 7.98. The van der Waals surface area contributed by atoms with E-state index < -0.39 is 26.3 Å². The number of hydrogen-bond donors (Lipinski definition) is 0. The van der Waals surface area contributed by atoms with Crippen LogP contribution in [0.15, 0.2) is 72.0 Å². The number of rotatable bonds is 3. The first-order valence-corrected chi connectivity index (χ1v) is 11.5. The molecule has 1 aliphatic carbocycles. The lowest BCUT2D eigenvalue weighted by Gasteiger charge is -2.35. The standard InChI is InChI=1S/C22H16ClF3N2O2S/c1-31(29,30)21(12-15(10-11-18(21)23)14-6-3-2-4-7-14)20-16-8-5-9-17(22(24,25)26)19(16)27-13-28-20/h2-11,13H,12H2,1H3. The van der Waals surface area contributed by atoms with Crippen LogP contribution in [-0.4, -0.2) is 24.6 Å². The molecule has 1 heterocycles. The Labute approximate surface area is 182 Å². The molecular weight excluding hydrogens is 449 g/mol. The molecule has 2 aromatic carbocycles. The van der Waals surface area contributed by atoms with Gasteiger partial charge in [0.15, 0.2) is 14.6 Å². The fraction of sp³-hybridized carbons (Fsp3) is 0.182. The Morgan fingerprint density at radius 3 is 2.35 bits per heavy atom. The van der Waals surface area contributed by atoms with E-state index in [1.165, 1.54) is 18.2 Å². The van der Waals surface area contributed by atoms with Gasteiger partial charge in [0.25, 0.3) is 0 Å². The summed E-state index contributed by atoms with van der Waals surface area (Å²) in [5.74, 6) is 0. The first-order valence-electron chi connectivity index (χ1n) is 9.19. The first kappa shape index (κ1) is 21.5. The van der Waals surface area contributed by atoms with Crippen molar-refractivity contribution in [2.45, 2.75) is 17.3 Å². The minimum Gasteiger partial charge on any atom is -0.239 e. The molecule has 4 nitrogen and oxygen atoms in total. The number of aromatic nitrogens is 2. The lowest BCUT2D eigenvalue weighted by atomic mass is 9.85. The van der Waals surface area contributed by atoms with Gasteiger partial charge >= 0.3 is 6.18 Å². The normalized spacial score (nSPS) is 19.8. The summed E-state index contributed by atoms with van der Waals surface area (Å²) >= 11 is 6.50. The van der Waals surface area contributed by atoms with Crippen LogP contribution in [0.1, 0.15) is 23.2 Å². The van der Waals surface area contributed by atoms with Crippen molar-refractivity contribution in [3.8, 4) is 0 Å². The van der Waals surface area contributed by atoms with Gasteiger partial charge in [0.1, 0.15) is 6.33 Å². The van der Waals surface area contributed by atoms with Gasteiger partial charge in [0, 0.05) is 23.1 Å². The number of benzene rings is 2. The molecule has 0 aliphatic heterocycles. The van der Waals surface area contributed by atoms with Gasteiger partial charge < -0.3 is 0 Å². The summed E-state index contributed by atoms with van der Waals surface area (Å²) in [6.07, 6.45) is 0.406. The predicted molar refractivity (Wildman–Crippen MR) is 114 cm³/mol. The average Bonchev–Trinajstić information content (AvgIpc) is 2.72. The highest BCUT2D eigenvalue weighted by Crippen LogP contribution is 2.50. The fourth-order valence-corrected chi connectivity index (χ4v) is 5.88. The number of fused-ring (bicyclic) bond motifs is 1. The van der Waals surface area contributed by atoms with Crippen molar-refractivity contribution in [3.63, 3.8) is 0 Å². The maximum atomic E-state index is 13.6. The van der Waals surface area contributed by atoms with Crippen LogP contribution in [0, 0.1) is 0 Å². The topological polar surface area (TPSA) is 59.9 Å². The second-order valence-corrected chi connectivity index (χ2v) is 9.92. The minimum absolute atomic E-state index is 0.0105. The zero-order valence-electron chi connectivity index (χ0n) is 16.2. The van der Waals surface area contributed by atoms with E-state index in [0.29, 0.717) is 5.57 Å². The second kappa shape index (κ2) is 7.46. The van der Waals surface area contributed by atoms with Gasteiger partial charge in [0.05, 0.1) is 16.8 Å². The molecule has 9 heteroatoms. The maximum absolute atomic E-state index is 13.6. The van der Waals surface area contributed by atoms with Crippen LogP contribution >= 0.6 is 11.6 Å². The molecule has 0 amide bonds. The smallest absolute Gasteiger partial charge is 0.239 e. The van der Waals surface area contributed by atoms with Crippen molar-refractivity contribution in [1.82, 2.24) is 9.97 Å². The summed E-state index contributed by atoms with van der Waals surface area (Å²) in [6, 6.07) is 12.6. The molecule has 0 fully saturated rings. The lowest BCUT2D eigenvalue weighted by Crippen LogP contribution is -2.38. The predicted octanol–water partition coefficient (Wildman–Crippen LogP) is 5.50. The molecule has 160 valence electrons. The van der Waals surface area contributed by atoms with Crippen LogP contribution in [0.3, 0.4) is 0 Å². The Bertz CT molecular complexity index is 1340. The third-order valence-electron chi connectivity index (χ3n) is 5.39. The van der Waals surface area contributed by atoms with Gasteiger partial charge in [-0.05, 0) is 23.3 Å². The average molecular weight is 465 g/mol. The molecule has 1 atom stereocenters. The van der Waals surface area contributed by atoms with Crippen molar-refractivity contribution in [1.29, 1.82) is 0 Å². The molecule has 1 aliphatic rings. The number of hydrogen-bond acceptors (Lipinski definition) is 4. The zero-order valence-corrected chi connectivity index (χ0v) is 17.8. The third-order valence-corrected chi connectivity index (χ3v) is 7.77. The van der Waals surface area contributed by atoms with E-state index in [1.807, 2.05) is 30.3 Å². The maximum Gasteiger partial charge on any atom is 0.418 e. The third kappa shape index (κ3) is 3.53. The van der Waals surface area contributed by atoms with Crippen molar-refractivity contribution in [3.05, 3.63) is 88.9 Å². The lowest BCUT2D eigenvalue weighted by molar-refractivity contribution is -0.136. The van der Waals surface area contributed by atoms with Gasteiger partial charge in [-0.3, -0.25) is 0 Å². The van der Waals surface area contributed by atoms with Crippen LogP contribution in [0.25, 0.3) is 16.5 Å². The van der Waals surface area contributed by atoms with Crippen molar-refractivity contribution in [2.24, 2.45) is 0 Å². The monoisotopic (exact) mass is 464 g/mol. The molecule has 1 aromatic heterocycles. The highest BCUT2D eigenvalue weighted by Gasteiger charge is 2.50. The molecule has 31 heavy (non-hydrogen) atoms. The van der Waals surface area contributed by atoms with E-state index in [-0.39, 0.29) is 28.0 Å². The SMILES string of the molecule is CS(=O)(=O)C1(c2ncnc3c(C(F)(F)F)cccc23)CC(c2ccccc2)=CC=C1Cl. The van der Waals surface area contributed by atoms with Crippen LogP contribution in [0.2, 0.25) is 0 Å². The highest BCUT2D eigenvalue weighted by atomic mass is 35.5. The van der Waals surface area contributed by atoms with Gasteiger partial charge in [-0.15, -0.1) is 0 Å². The van der Waals surface area contributed by atoms with E-state index in [0.717, 1.165) is 24.2 Å². The number of para-hydroxylation sites is 1. The quantitative estimate of drug-likeness (QED) is 0.513. The molecule has 0 bridgehead atoms. The molecule has 0 spiro atoms. The Kier molecular flexibility index (Phi) is 5.18. The number of halogens is 4. The largest absolute Gasteiger partial charge is 0.418 e. The van der Waals surface area contributed by atoms with Gasteiger partial charge in [-0.25, -0.2) is 18.4 Å². The molecular formula is C22H16ClF3N2O2S. The Morgan fingerprint density at radius 1 is 1.00 bits per heavy atom. The van der Waals surface area contributed by atoms with Gasteiger partial charge in [0.2, 0.25) is 0 Å². The number of allylic oxidation sites excluding steroid dienone is 3. The first-order chi connectivity index (χ1) is 14.6. The molecule has 0 N–H and O–H groups in total. The summed E-state index contributed by atoms with van der Waals surface area (Å²) in [7, 11) is -3.98. The van der Waals surface area contributed by atoms with Crippen molar-refractivity contribution in [2.75, 3.05) is 6.26 Å². The van der Waals surface area contributed by atoms with Crippen molar-refractivity contribution >= 4 is 37.9 Å². The molecule has 0 saturated carbocycles. The summed E-state index contributed by atoms with van der Waals surface area (Å²) < 4.78 is 65.2. The van der Waals surface area contributed by atoms with E-state index in [2.05, 4.69) is 9.97 Å². The number of alkyl halides is 3. The zero-order chi connectivity index (χ0) is 22.4. The van der Waals surface area contributed by atoms with E-state index in [4.69, 9.17) is 11.6 Å². The van der Waals surface area contributed by atoms with E-state index in [1.54, 1.807) is 6.08 Å². The minimum atomic E-state index is -4.66.